The number of carbonyl (C=O) groups excluding carboxylic acids is 2. The van der Waals surface area contributed by atoms with E-state index in [2.05, 4.69) is 20.8 Å². The van der Waals surface area contributed by atoms with Crippen molar-refractivity contribution in [2.24, 2.45) is 11.5 Å². The van der Waals surface area contributed by atoms with Gasteiger partial charge in [-0.1, -0.05) is 5.16 Å². The normalized spacial score (nSPS) is 13.2. The van der Waals surface area contributed by atoms with E-state index in [1.54, 1.807) is 0 Å². The number of carboxylic acid groups (broad SMARTS) is 1. The molecule has 13 nitrogen and oxygen atoms in total. The maximum absolute atomic E-state index is 11.7. The second-order valence-corrected chi connectivity index (χ2v) is 5.43. The third-order valence-electron chi connectivity index (χ3n) is 3.23. The second-order valence-electron chi connectivity index (χ2n) is 5.43. The highest BCUT2D eigenvalue weighted by Crippen LogP contribution is 2.12. The van der Waals surface area contributed by atoms with Crippen molar-refractivity contribution in [3.05, 3.63) is 11.7 Å². The van der Waals surface area contributed by atoms with Crippen molar-refractivity contribution in [2.45, 2.75) is 50.6 Å². The molecule has 1 heterocycles. The van der Waals surface area contributed by atoms with E-state index in [1.165, 1.54) is 0 Å². The molecule has 0 aliphatic heterocycles. The molecule has 0 saturated carbocycles. The number of urea groups is 1. The molecule has 0 radical (unpaired) electrons. The zero-order chi connectivity index (χ0) is 19.7. The Kier molecular flexibility index (Phi) is 8.41. The van der Waals surface area contributed by atoms with Crippen molar-refractivity contribution < 1.29 is 34.2 Å². The molecule has 0 bridgehead atoms. The Morgan fingerprint density at radius 3 is 2.46 bits per heavy atom. The smallest absolute Gasteiger partial charge is 0.326 e. The fourth-order valence-corrected chi connectivity index (χ4v) is 1.86. The van der Waals surface area contributed by atoms with Crippen LogP contribution in [0.25, 0.3) is 0 Å². The topological polar surface area (TPSA) is 227 Å². The minimum Gasteiger partial charge on any atom is -0.480 e. The van der Waals surface area contributed by atoms with E-state index in [1.807, 2.05) is 0 Å². The number of aliphatic carboxylic acids is 1. The van der Waals surface area contributed by atoms with Crippen molar-refractivity contribution in [2.75, 3.05) is 0 Å². The Hall–Kier alpha value is -2.77. The van der Waals surface area contributed by atoms with Gasteiger partial charge < -0.3 is 41.9 Å². The van der Waals surface area contributed by atoms with Gasteiger partial charge in [-0.25, -0.2) is 9.59 Å². The Balaban J connectivity index is 2.46. The van der Waals surface area contributed by atoms with Crippen LogP contribution in [0.2, 0.25) is 0 Å². The Morgan fingerprint density at radius 2 is 1.88 bits per heavy atom. The fraction of sp³-hybridized carbons (Fsp3) is 0.615. The molecule has 0 unspecified atom stereocenters. The van der Waals surface area contributed by atoms with E-state index in [4.69, 9.17) is 31.3 Å². The summed E-state index contributed by atoms with van der Waals surface area (Å²) in [5.41, 5.74) is 10.8. The zero-order valence-electron chi connectivity index (χ0n) is 13.8. The molecule has 0 aliphatic carbocycles. The van der Waals surface area contributed by atoms with E-state index in [-0.39, 0.29) is 43.9 Å². The molecule has 13 heteroatoms. The molecule has 26 heavy (non-hydrogen) atoms. The first-order valence-electron chi connectivity index (χ1n) is 7.68. The molecule has 1 aromatic heterocycles. The van der Waals surface area contributed by atoms with Crippen molar-refractivity contribution in [3.8, 4) is 0 Å². The molecule has 0 aromatic carbocycles. The lowest BCUT2D eigenvalue weighted by atomic mass is 10.1. The van der Waals surface area contributed by atoms with Gasteiger partial charge >= 0.3 is 12.0 Å². The summed E-state index contributed by atoms with van der Waals surface area (Å²) in [5.74, 6) is -1.66. The van der Waals surface area contributed by atoms with E-state index in [0.717, 1.165) is 0 Å². The van der Waals surface area contributed by atoms with Gasteiger partial charge in [0.1, 0.15) is 6.04 Å². The maximum Gasteiger partial charge on any atom is 0.326 e. The summed E-state index contributed by atoms with van der Waals surface area (Å²) in [4.78, 5) is 37.4. The number of primary amides is 1. The Morgan fingerprint density at radius 1 is 1.19 bits per heavy atom. The van der Waals surface area contributed by atoms with E-state index in [9.17, 15) is 14.4 Å². The van der Waals surface area contributed by atoms with Gasteiger partial charge in [-0.15, -0.1) is 0 Å². The summed E-state index contributed by atoms with van der Waals surface area (Å²) in [6.45, 7) is -0.184. The van der Waals surface area contributed by atoms with Crippen LogP contribution in [-0.4, -0.2) is 55.7 Å². The number of nitrogens with one attached hydrogen (secondary N) is 2. The van der Waals surface area contributed by atoms with Gasteiger partial charge in [-0.3, -0.25) is 4.79 Å². The summed E-state index contributed by atoms with van der Waals surface area (Å²) in [6.07, 6.45) is -1.76. The second kappa shape index (κ2) is 10.3. The van der Waals surface area contributed by atoms with Gasteiger partial charge in [0, 0.05) is 12.8 Å². The van der Waals surface area contributed by atoms with Crippen LogP contribution in [0, 0.1) is 0 Å². The summed E-state index contributed by atoms with van der Waals surface area (Å²) >= 11 is 0. The van der Waals surface area contributed by atoms with Crippen LogP contribution in [0.5, 0.6) is 0 Å². The first-order chi connectivity index (χ1) is 12.2. The summed E-state index contributed by atoms with van der Waals surface area (Å²) in [6, 6.07) is -2.77. The number of carbonyl (C=O) groups is 3. The highest BCUT2D eigenvalue weighted by atomic mass is 16.5. The third-order valence-corrected chi connectivity index (χ3v) is 3.23. The third kappa shape index (κ3) is 7.87. The van der Waals surface area contributed by atoms with Crippen molar-refractivity contribution >= 4 is 17.9 Å². The van der Waals surface area contributed by atoms with Gasteiger partial charge in [0.2, 0.25) is 11.8 Å². The SMILES string of the molecule is NC(=O)CC[C@H](N)c1noc(CNC(=O)N[C@@H](CCC(O)O)C(=O)O)n1. The van der Waals surface area contributed by atoms with Crippen LogP contribution in [0.4, 0.5) is 4.79 Å². The summed E-state index contributed by atoms with van der Waals surface area (Å²) < 4.78 is 4.89. The number of aromatic nitrogens is 2. The lowest BCUT2D eigenvalue weighted by Gasteiger charge is -2.15. The predicted octanol–water partition coefficient (Wildman–Crippen LogP) is -2.32. The number of aliphatic hydroxyl groups is 2. The highest BCUT2D eigenvalue weighted by Gasteiger charge is 2.21. The van der Waals surface area contributed by atoms with Gasteiger partial charge in [0.15, 0.2) is 12.1 Å². The minimum atomic E-state index is -1.67. The van der Waals surface area contributed by atoms with Crippen LogP contribution in [0.3, 0.4) is 0 Å². The molecule has 0 saturated heterocycles. The number of aliphatic hydroxyl groups excluding tert-OH is 1. The number of rotatable bonds is 11. The molecular formula is C13H22N6O7. The fourth-order valence-electron chi connectivity index (χ4n) is 1.86. The molecule has 9 N–H and O–H groups in total. The van der Waals surface area contributed by atoms with E-state index in [0.29, 0.717) is 0 Å². The number of hydrogen-bond donors (Lipinski definition) is 7. The monoisotopic (exact) mass is 374 g/mol. The van der Waals surface area contributed by atoms with Gasteiger partial charge in [-0.05, 0) is 12.8 Å². The number of amides is 3. The predicted molar refractivity (Wildman–Crippen MR) is 83.9 cm³/mol. The quantitative estimate of drug-likeness (QED) is 0.204. The number of hydrogen-bond acceptors (Lipinski definition) is 9. The summed E-state index contributed by atoms with van der Waals surface area (Å²) in [7, 11) is 0. The molecule has 1 rings (SSSR count). The average Bonchev–Trinajstić information content (AvgIpc) is 3.03. The largest absolute Gasteiger partial charge is 0.480 e. The van der Waals surface area contributed by atoms with Gasteiger partial charge in [0.25, 0.3) is 0 Å². The Bertz CT molecular complexity index is 620. The van der Waals surface area contributed by atoms with Crippen LogP contribution < -0.4 is 22.1 Å². The lowest BCUT2D eigenvalue weighted by molar-refractivity contribution is -0.139. The highest BCUT2D eigenvalue weighted by molar-refractivity contribution is 5.82. The number of nitrogens with two attached hydrogens (primary N) is 2. The molecule has 2 atom stereocenters. The molecule has 0 aliphatic rings. The zero-order valence-corrected chi connectivity index (χ0v) is 13.8. The molecule has 0 fully saturated rings. The van der Waals surface area contributed by atoms with Crippen molar-refractivity contribution in [3.63, 3.8) is 0 Å². The van der Waals surface area contributed by atoms with Crippen LogP contribution >= 0.6 is 0 Å². The molecule has 3 amide bonds. The van der Waals surface area contributed by atoms with Crippen LogP contribution in [-0.2, 0) is 16.1 Å². The molecule has 146 valence electrons. The van der Waals surface area contributed by atoms with Crippen LogP contribution in [0.15, 0.2) is 4.52 Å². The van der Waals surface area contributed by atoms with Gasteiger partial charge in [-0.2, -0.15) is 4.98 Å². The molecule has 0 spiro atoms. The first-order valence-corrected chi connectivity index (χ1v) is 7.68. The lowest BCUT2D eigenvalue weighted by Crippen LogP contribution is -2.46. The first kappa shape index (κ1) is 21.3. The Labute approximate surface area is 147 Å². The summed E-state index contributed by atoms with van der Waals surface area (Å²) in [5, 5.41) is 34.6. The van der Waals surface area contributed by atoms with Crippen LogP contribution in [0.1, 0.15) is 43.4 Å². The van der Waals surface area contributed by atoms with Crippen molar-refractivity contribution in [1.82, 2.24) is 20.8 Å². The number of carboxylic acids is 1. The van der Waals surface area contributed by atoms with Crippen molar-refractivity contribution in [1.29, 1.82) is 0 Å². The standard InChI is InChI=1S/C13H22N6O7/c14-6(1-3-8(15)20)11-18-9(26-19-11)5-16-13(25)17-7(12(23)24)2-4-10(21)22/h6-7,10,21-22H,1-5,14H2,(H2,15,20)(H,23,24)(H2,16,17,25)/t6-,7-/m0/s1. The molecular weight excluding hydrogens is 352 g/mol. The van der Waals surface area contributed by atoms with Gasteiger partial charge in [0.05, 0.1) is 12.6 Å². The minimum absolute atomic E-state index is 0.0299. The van der Waals surface area contributed by atoms with E-state index >= 15 is 0 Å². The van der Waals surface area contributed by atoms with E-state index < -0.39 is 36.3 Å². The average molecular weight is 374 g/mol. The molecule has 1 aromatic rings. The maximum atomic E-state index is 11.7. The number of nitrogens with zero attached hydrogens (tertiary/aromatic N) is 2.